The number of amides is 1. The number of carbonyl (C=O) groups is 1. The molecule has 184 valence electrons. The molecule has 11 heteroatoms. The minimum Gasteiger partial charge on any atom is -0.495 e. The molecule has 2 unspecified atom stereocenters. The summed E-state index contributed by atoms with van der Waals surface area (Å²) in [6, 6.07) is 4.87. The van der Waals surface area contributed by atoms with Crippen molar-refractivity contribution in [3.05, 3.63) is 47.1 Å². The van der Waals surface area contributed by atoms with Gasteiger partial charge in [0, 0.05) is 28.6 Å². The van der Waals surface area contributed by atoms with Gasteiger partial charge in [0.1, 0.15) is 17.3 Å². The van der Waals surface area contributed by atoms with Gasteiger partial charge in [-0.2, -0.15) is 0 Å². The van der Waals surface area contributed by atoms with Crippen LogP contribution in [-0.2, 0) is 9.53 Å². The Morgan fingerprint density at radius 3 is 2.40 bits per heavy atom. The minimum absolute atomic E-state index is 0.163. The molecule has 1 amide bonds. The molecular formula is C24H24Cl2N4O5. The Morgan fingerprint density at radius 1 is 1.09 bits per heavy atom. The number of fused-ring (bicyclic) bond motifs is 1. The van der Waals surface area contributed by atoms with Gasteiger partial charge in [0.2, 0.25) is 11.8 Å². The molecule has 35 heavy (non-hydrogen) atoms. The molecule has 0 saturated carbocycles. The molecule has 3 aromatic rings. The first-order valence-electron chi connectivity index (χ1n) is 10.6. The summed E-state index contributed by atoms with van der Waals surface area (Å²) < 4.78 is 21.9. The second-order valence-corrected chi connectivity index (χ2v) is 8.45. The molecule has 1 aliphatic rings. The number of pyridine rings is 2. The van der Waals surface area contributed by atoms with E-state index in [4.69, 9.17) is 42.1 Å². The number of ether oxygens (including phenoxy) is 4. The monoisotopic (exact) mass is 518 g/mol. The molecule has 2 atom stereocenters. The van der Waals surface area contributed by atoms with Crippen molar-refractivity contribution in [2.45, 2.75) is 12.1 Å². The summed E-state index contributed by atoms with van der Waals surface area (Å²) in [6.07, 6.45) is 2.92. The van der Waals surface area contributed by atoms with Gasteiger partial charge in [-0.3, -0.25) is 4.79 Å². The summed E-state index contributed by atoms with van der Waals surface area (Å²) in [5, 5.41) is 8.25. The van der Waals surface area contributed by atoms with E-state index in [0.717, 1.165) is 10.8 Å². The Bertz CT molecular complexity index is 1260. The van der Waals surface area contributed by atoms with Crippen molar-refractivity contribution >= 4 is 45.7 Å². The Hall–Kier alpha value is -3.27. The van der Waals surface area contributed by atoms with Crippen molar-refractivity contribution in [1.82, 2.24) is 15.3 Å². The third kappa shape index (κ3) is 4.93. The number of methoxy groups -OCH3 is 3. The molecule has 2 N–H and O–H groups in total. The first-order chi connectivity index (χ1) is 16.9. The van der Waals surface area contributed by atoms with Crippen molar-refractivity contribution in [1.29, 1.82) is 0 Å². The highest BCUT2D eigenvalue weighted by atomic mass is 35.5. The number of hydrogen-bond acceptors (Lipinski definition) is 8. The zero-order chi connectivity index (χ0) is 25.1. The Kier molecular flexibility index (Phi) is 7.49. The van der Waals surface area contributed by atoms with Crippen molar-refractivity contribution in [3.63, 3.8) is 0 Å². The quantitative estimate of drug-likeness (QED) is 0.429. The largest absolute Gasteiger partial charge is 0.495 e. The van der Waals surface area contributed by atoms with E-state index in [-0.39, 0.29) is 18.0 Å². The van der Waals surface area contributed by atoms with Crippen LogP contribution in [0.25, 0.3) is 22.0 Å². The number of anilines is 1. The summed E-state index contributed by atoms with van der Waals surface area (Å²) in [4.78, 5) is 20.9. The fourth-order valence-corrected chi connectivity index (χ4v) is 4.55. The van der Waals surface area contributed by atoms with Crippen LogP contribution in [0.15, 0.2) is 37.1 Å². The average molecular weight is 519 g/mol. The lowest BCUT2D eigenvalue weighted by atomic mass is 10.1. The number of carbonyl (C=O) groups excluding carboxylic acids is 1. The number of aromatic nitrogens is 2. The number of nitrogens with zero attached hydrogens (tertiary/aromatic N) is 2. The molecule has 0 bridgehead atoms. The number of rotatable bonds is 8. The number of hydrogen-bond donors (Lipinski definition) is 2. The summed E-state index contributed by atoms with van der Waals surface area (Å²) in [5.41, 5.74) is 0.927. The van der Waals surface area contributed by atoms with Crippen LogP contribution in [0, 0.1) is 0 Å². The standard InChI is InChI=1S/C24H24Cl2N4O5/c1-5-20(31)29-16-11-35-10-15(16)28-19-7-13-12(9-27-19)6-14(30-24(13)34-4)21-22(25)17(32-2)8-18(33-3)23(21)26/h5-9,15-16H,1,10-11H2,2-4H3,(H,27,28)(H,29,31). The van der Waals surface area contributed by atoms with Crippen molar-refractivity contribution in [2.75, 3.05) is 39.9 Å². The van der Waals surface area contributed by atoms with Crippen LogP contribution in [0.2, 0.25) is 10.0 Å². The minimum atomic E-state index is -0.260. The second kappa shape index (κ2) is 10.6. The molecule has 9 nitrogen and oxygen atoms in total. The molecule has 1 saturated heterocycles. The van der Waals surface area contributed by atoms with Crippen LogP contribution in [0.3, 0.4) is 0 Å². The third-order valence-electron chi connectivity index (χ3n) is 5.63. The maximum absolute atomic E-state index is 11.7. The fourth-order valence-electron chi connectivity index (χ4n) is 3.86. The first kappa shape index (κ1) is 24.8. The summed E-state index contributed by atoms with van der Waals surface area (Å²) in [6.45, 7) is 4.30. The van der Waals surface area contributed by atoms with Gasteiger partial charge in [0.15, 0.2) is 0 Å². The fraction of sp³-hybridized carbons (Fsp3) is 0.292. The van der Waals surface area contributed by atoms with E-state index >= 15 is 0 Å². The van der Waals surface area contributed by atoms with Gasteiger partial charge in [-0.1, -0.05) is 29.8 Å². The molecule has 1 aliphatic heterocycles. The predicted octanol–water partition coefficient (Wildman–Crippen LogP) is 4.11. The molecule has 1 aromatic carbocycles. The van der Waals surface area contributed by atoms with Gasteiger partial charge < -0.3 is 29.6 Å². The smallest absolute Gasteiger partial charge is 0.243 e. The van der Waals surface area contributed by atoms with E-state index in [2.05, 4.69) is 27.2 Å². The van der Waals surface area contributed by atoms with Crippen LogP contribution in [0.1, 0.15) is 0 Å². The lowest BCUT2D eigenvalue weighted by Gasteiger charge is -2.20. The molecular weight excluding hydrogens is 495 g/mol. The van der Waals surface area contributed by atoms with Crippen molar-refractivity contribution in [3.8, 4) is 28.6 Å². The Balaban J connectivity index is 1.72. The lowest BCUT2D eigenvalue weighted by molar-refractivity contribution is -0.117. The van der Waals surface area contributed by atoms with Gasteiger partial charge in [-0.05, 0) is 18.2 Å². The zero-order valence-corrected chi connectivity index (χ0v) is 20.9. The van der Waals surface area contributed by atoms with E-state index in [1.807, 2.05) is 12.1 Å². The van der Waals surface area contributed by atoms with E-state index in [1.165, 1.54) is 27.4 Å². The molecule has 0 spiro atoms. The van der Waals surface area contributed by atoms with Crippen LogP contribution in [0.5, 0.6) is 17.4 Å². The van der Waals surface area contributed by atoms with Gasteiger partial charge in [0.25, 0.3) is 0 Å². The van der Waals surface area contributed by atoms with Crippen molar-refractivity contribution in [2.24, 2.45) is 0 Å². The SMILES string of the molecule is C=CC(=O)NC1COCC1Nc1cc2c(OC)nc(-c3c(Cl)c(OC)cc(OC)c3Cl)cc2cn1. The highest BCUT2D eigenvalue weighted by molar-refractivity contribution is 6.41. The van der Waals surface area contributed by atoms with Crippen LogP contribution in [-0.4, -0.2) is 62.5 Å². The molecule has 2 aromatic heterocycles. The average Bonchev–Trinajstić information content (AvgIpc) is 3.29. The van der Waals surface area contributed by atoms with E-state index in [9.17, 15) is 4.79 Å². The maximum Gasteiger partial charge on any atom is 0.243 e. The number of nitrogens with one attached hydrogen (secondary N) is 2. The summed E-state index contributed by atoms with van der Waals surface area (Å²) >= 11 is 13.2. The maximum atomic E-state index is 11.7. The van der Waals surface area contributed by atoms with Gasteiger partial charge in [-0.15, -0.1) is 0 Å². The first-order valence-corrected chi connectivity index (χ1v) is 11.4. The van der Waals surface area contributed by atoms with Gasteiger partial charge in [0.05, 0.1) is 62.4 Å². The predicted molar refractivity (Wildman–Crippen MR) is 135 cm³/mol. The van der Waals surface area contributed by atoms with E-state index < -0.39 is 0 Å². The molecule has 4 rings (SSSR count). The number of benzene rings is 1. The van der Waals surface area contributed by atoms with Crippen LogP contribution < -0.4 is 24.8 Å². The van der Waals surface area contributed by atoms with Crippen LogP contribution >= 0.6 is 23.2 Å². The summed E-state index contributed by atoms with van der Waals surface area (Å²) in [7, 11) is 4.54. The van der Waals surface area contributed by atoms with Crippen LogP contribution in [0.4, 0.5) is 5.82 Å². The number of halogens is 2. The van der Waals surface area contributed by atoms with Gasteiger partial charge in [-0.25, -0.2) is 9.97 Å². The molecule has 3 heterocycles. The zero-order valence-electron chi connectivity index (χ0n) is 19.4. The van der Waals surface area contributed by atoms with Crippen molar-refractivity contribution < 1.29 is 23.7 Å². The van der Waals surface area contributed by atoms with E-state index in [0.29, 0.717) is 57.7 Å². The third-order valence-corrected chi connectivity index (χ3v) is 6.38. The normalized spacial score (nSPS) is 17.2. The van der Waals surface area contributed by atoms with Gasteiger partial charge >= 0.3 is 0 Å². The highest BCUT2D eigenvalue weighted by Gasteiger charge is 2.29. The Morgan fingerprint density at radius 2 is 1.77 bits per heavy atom. The topological polar surface area (TPSA) is 104 Å². The summed E-state index contributed by atoms with van der Waals surface area (Å²) in [5.74, 6) is 1.48. The molecule has 0 radical (unpaired) electrons. The Labute approximate surface area is 212 Å². The van der Waals surface area contributed by atoms with E-state index in [1.54, 1.807) is 12.3 Å². The lowest BCUT2D eigenvalue weighted by Crippen LogP contribution is -2.45. The second-order valence-electron chi connectivity index (χ2n) is 7.70. The molecule has 0 aliphatic carbocycles. The highest BCUT2D eigenvalue weighted by Crippen LogP contribution is 2.46. The molecule has 1 fully saturated rings.